The van der Waals surface area contributed by atoms with Crippen molar-refractivity contribution in [2.75, 3.05) is 0 Å². The zero-order valence-electron chi connectivity index (χ0n) is 18.9. The first kappa shape index (κ1) is 29.0. The van der Waals surface area contributed by atoms with Crippen LogP contribution >= 0.6 is 0 Å². The molecule has 0 spiro atoms. The molecule has 5 unspecified atom stereocenters. The monoisotopic (exact) mass is 498 g/mol. The lowest BCUT2D eigenvalue weighted by Gasteiger charge is -2.26. The number of primary amides is 2. The minimum absolute atomic E-state index is 0.101. The number of nitrogens with two attached hydrogens (primary N) is 3. The number of nitrogens with one attached hydrogen (secondary N) is 4. The minimum Gasteiger partial charge on any atom is -0.480 e. The van der Waals surface area contributed by atoms with E-state index in [2.05, 4.69) is 25.9 Å². The topological polar surface area (TPSA) is 286 Å². The van der Waals surface area contributed by atoms with E-state index in [9.17, 15) is 39.0 Å². The lowest BCUT2D eigenvalue weighted by molar-refractivity contribution is -0.144. The van der Waals surface area contributed by atoms with E-state index in [0.717, 1.165) is 0 Å². The van der Waals surface area contributed by atoms with Crippen molar-refractivity contribution in [1.29, 1.82) is 0 Å². The Kier molecular flexibility index (Phi) is 11.3. The highest BCUT2D eigenvalue weighted by molar-refractivity contribution is 5.95. The van der Waals surface area contributed by atoms with Crippen LogP contribution in [0.2, 0.25) is 0 Å². The first-order valence-corrected chi connectivity index (χ1v) is 10.4. The Morgan fingerprint density at radius 1 is 1.00 bits per heavy atom. The summed E-state index contributed by atoms with van der Waals surface area (Å²) >= 11 is 0. The van der Waals surface area contributed by atoms with Crippen molar-refractivity contribution in [2.24, 2.45) is 17.2 Å². The third kappa shape index (κ3) is 10.2. The van der Waals surface area contributed by atoms with E-state index < -0.39 is 72.2 Å². The number of aliphatic carboxylic acids is 1. The number of carboxylic acids is 1. The second kappa shape index (κ2) is 13.6. The maximum Gasteiger partial charge on any atom is 0.326 e. The molecule has 35 heavy (non-hydrogen) atoms. The smallest absolute Gasteiger partial charge is 0.326 e. The van der Waals surface area contributed by atoms with Crippen LogP contribution in [0.4, 0.5) is 0 Å². The number of amides is 5. The Morgan fingerprint density at radius 2 is 1.63 bits per heavy atom. The first-order valence-electron chi connectivity index (χ1n) is 10.4. The molecule has 0 fully saturated rings. The lowest BCUT2D eigenvalue weighted by atomic mass is 10.1. The van der Waals surface area contributed by atoms with Gasteiger partial charge in [-0.1, -0.05) is 0 Å². The Balaban J connectivity index is 3.01. The summed E-state index contributed by atoms with van der Waals surface area (Å²) in [5, 5.41) is 25.9. The van der Waals surface area contributed by atoms with Crippen LogP contribution in [0.3, 0.4) is 0 Å². The normalized spacial score (nSPS) is 15.1. The van der Waals surface area contributed by atoms with Gasteiger partial charge in [0, 0.05) is 24.7 Å². The fourth-order valence-electron chi connectivity index (χ4n) is 2.85. The summed E-state index contributed by atoms with van der Waals surface area (Å²) in [4.78, 5) is 77.8. The third-order valence-electron chi connectivity index (χ3n) is 4.73. The van der Waals surface area contributed by atoms with Gasteiger partial charge < -0.3 is 48.3 Å². The van der Waals surface area contributed by atoms with E-state index in [4.69, 9.17) is 17.2 Å². The van der Waals surface area contributed by atoms with Gasteiger partial charge in [-0.15, -0.1) is 0 Å². The highest BCUT2D eigenvalue weighted by Crippen LogP contribution is 2.04. The number of aliphatic hydroxyl groups is 1. The minimum atomic E-state index is -1.66. The molecule has 0 aliphatic heterocycles. The Labute approximate surface area is 199 Å². The highest BCUT2D eigenvalue weighted by Gasteiger charge is 2.33. The molecule has 16 heteroatoms. The number of aromatic nitrogens is 2. The summed E-state index contributed by atoms with van der Waals surface area (Å²) in [5.74, 6) is -6.00. The molecule has 12 N–H and O–H groups in total. The number of hydrogen-bond donors (Lipinski definition) is 9. The van der Waals surface area contributed by atoms with Crippen molar-refractivity contribution < 1.29 is 39.0 Å². The van der Waals surface area contributed by atoms with Gasteiger partial charge >= 0.3 is 5.97 Å². The lowest BCUT2D eigenvalue weighted by Crippen LogP contribution is -2.60. The molecule has 1 aromatic rings. The van der Waals surface area contributed by atoms with Crippen LogP contribution < -0.4 is 33.2 Å². The summed E-state index contributed by atoms with van der Waals surface area (Å²) in [5.41, 5.74) is 16.1. The third-order valence-corrected chi connectivity index (χ3v) is 4.73. The summed E-state index contributed by atoms with van der Waals surface area (Å²) in [7, 11) is 0. The van der Waals surface area contributed by atoms with E-state index in [-0.39, 0.29) is 19.3 Å². The number of carbonyl (C=O) groups excluding carboxylic acids is 5. The van der Waals surface area contributed by atoms with E-state index in [0.29, 0.717) is 5.69 Å². The van der Waals surface area contributed by atoms with Gasteiger partial charge in [0.2, 0.25) is 29.5 Å². The average molecular weight is 498 g/mol. The molecule has 0 aliphatic carbocycles. The SMILES string of the molecule is CC(O)C(NC(=O)C(N)CCC(N)=O)C(=O)NC(Cc1cnc[nH]1)C(=O)NC(CC(N)=O)C(=O)O. The molecular weight excluding hydrogens is 468 g/mol. The number of aliphatic hydroxyl groups excluding tert-OH is 1. The molecule has 1 heterocycles. The van der Waals surface area contributed by atoms with Crippen molar-refractivity contribution in [2.45, 2.75) is 62.9 Å². The number of H-pyrrole nitrogens is 1. The van der Waals surface area contributed by atoms with Gasteiger partial charge in [-0.3, -0.25) is 24.0 Å². The molecule has 0 saturated heterocycles. The second-order valence-corrected chi connectivity index (χ2v) is 7.75. The highest BCUT2D eigenvalue weighted by atomic mass is 16.4. The second-order valence-electron chi connectivity index (χ2n) is 7.75. The predicted molar refractivity (Wildman–Crippen MR) is 118 cm³/mol. The van der Waals surface area contributed by atoms with Crippen molar-refractivity contribution in [3.8, 4) is 0 Å². The van der Waals surface area contributed by atoms with Gasteiger partial charge in [0.05, 0.1) is 24.9 Å². The van der Waals surface area contributed by atoms with Crippen LogP contribution in [-0.4, -0.2) is 86.0 Å². The molecule has 0 bridgehead atoms. The van der Waals surface area contributed by atoms with Gasteiger partial charge in [0.1, 0.15) is 18.1 Å². The fraction of sp³-hybridized carbons (Fsp3) is 0.526. The summed E-state index contributed by atoms with van der Waals surface area (Å²) < 4.78 is 0. The van der Waals surface area contributed by atoms with Crippen LogP contribution in [0.5, 0.6) is 0 Å². The Bertz CT molecular complexity index is 920. The van der Waals surface area contributed by atoms with Crippen LogP contribution in [-0.2, 0) is 35.2 Å². The van der Waals surface area contributed by atoms with Gasteiger partial charge in [-0.2, -0.15) is 0 Å². The molecule has 5 atom stereocenters. The number of imidazole rings is 1. The maximum absolute atomic E-state index is 12.9. The first-order chi connectivity index (χ1) is 16.3. The molecule has 0 aromatic carbocycles. The van der Waals surface area contributed by atoms with Crippen molar-refractivity contribution in [3.05, 3.63) is 18.2 Å². The van der Waals surface area contributed by atoms with Gasteiger partial charge in [0.25, 0.3) is 0 Å². The van der Waals surface area contributed by atoms with Crippen LogP contribution in [0.1, 0.15) is 31.9 Å². The van der Waals surface area contributed by atoms with Crippen molar-refractivity contribution in [3.63, 3.8) is 0 Å². The van der Waals surface area contributed by atoms with Gasteiger partial charge in [-0.05, 0) is 13.3 Å². The predicted octanol–water partition coefficient (Wildman–Crippen LogP) is -4.66. The van der Waals surface area contributed by atoms with E-state index in [1.807, 2.05) is 0 Å². The number of carboxylic acid groups (broad SMARTS) is 1. The summed E-state index contributed by atoms with van der Waals surface area (Å²) in [6, 6.07) is -5.82. The maximum atomic E-state index is 12.9. The molecule has 1 rings (SSSR count). The van der Waals surface area contributed by atoms with Crippen LogP contribution in [0, 0.1) is 0 Å². The molecular formula is C19H30N8O8. The fourth-order valence-corrected chi connectivity index (χ4v) is 2.85. The number of carbonyl (C=O) groups is 6. The van der Waals surface area contributed by atoms with E-state index in [1.54, 1.807) is 0 Å². The zero-order valence-corrected chi connectivity index (χ0v) is 18.9. The van der Waals surface area contributed by atoms with Crippen LogP contribution in [0.15, 0.2) is 12.5 Å². The largest absolute Gasteiger partial charge is 0.480 e. The molecule has 0 radical (unpaired) electrons. The van der Waals surface area contributed by atoms with Gasteiger partial charge in [0.15, 0.2) is 0 Å². The Hall–Kier alpha value is -4.05. The molecule has 0 aliphatic rings. The summed E-state index contributed by atoms with van der Waals surface area (Å²) in [6.07, 6.45) is 0.0845. The number of rotatable bonds is 15. The zero-order chi connectivity index (χ0) is 26.7. The summed E-state index contributed by atoms with van der Waals surface area (Å²) in [6.45, 7) is 1.21. The number of aromatic amines is 1. The average Bonchev–Trinajstić information content (AvgIpc) is 3.26. The molecule has 0 saturated carbocycles. The number of hydrogen-bond acceptors (Lipinski definition) is 9. The van der Waals surface area contributed by atoms with Crippen molar-refractivity contribution >= 4 is 35.5 Å². The quantitative estimate of drug-likeness (QED) is 0.111. The van der Waals surface area contributed by atoms with Crippen LogP contribution in [0.25, 0.3) is 0 Å². The molecule has 194 valence electrons. The van der Waals surface area contributed by atoms with E-state index >= 15 is 0 Å². The van der Waals surface area contributed by atoms with Gasteiger partial charge in [-0.25, -0.2) is 9.78 Å². The molecule has 1 aromatic heterocycles. The Morgan fingerprint density at radius 3 is 2.11 bits per heavy atom. The number of nitrogens with zero attached hydrogens (tertiary/aromatic N) is 1. The molecule has 16 nitrogen and oxygen atoms in total. The molecule has 5 amide bonds. The standard InChI is InChI=1S/C19H30N8O8/c1-8(28)15(27-16(31)10(20)2-3-13(21)29)18(33)25-11(4-9-6-23-7-24-9)17(32)26-12(19(34)35)5-14(22)30/h6-8,10-12,15,28H,2-5,20H2,1H3,(H2,21,29)(H2,22,30)(H,23,24)(H,25,33)(H,26,32)(H,27,31)(H,34,35). The van der Waals surface area contributed by atoms with Crippen molar-refractivity contribution in [1.82, 2.24) is 25.9 Å². The van der Waals surface area contributed by atoms with E-state index in [1.165, 1.54) is 19.4 Å².